The van der Waals surface area contributed by atoms with Crippen LogP contribution in [0.25, 0.3) is 33.4 Å². The molecular weight excluding hydrogens is 553 g/mol. The van der Waals surface area contributed by atoms with Crippen molar-refractivity contribution >= 4 is 33.4 Å². The molecule has 0 spiro atoms. The van der Waals surface area contributed by atoms with Crippen LogP contribution in [-0.4, -0.2) is 0 Å². The van der Waals surface area contributed by atoms with Gasteiger partial charge in [-0.2, -0.15) is 0 Å². The topological polar surface area (TPSA) is 0 Å². The number of hydrogen-bond acceptors (Lipinski definition) is 0. The van der Waals surface area contributed by atoms with E-state index in [0.29, 0.717) is 0 Å². The Labute approximate surface area is 271 Å². The quantitative estimate of drug-likeness (QED) is 0.183. The van der Waals surface area contributed by atoms with Gasteiger partial charge in [-0.1, -0.05) is 182 Å². The van der Waals surface area contributed by atoms with Gasteiger partial charge in [-0.15, -0.1) is 0 Å². The summed E-state index contributed by atoms with van der Waals surface area (Å²) in [6, 6.07) is 65.2. The SMILES string of the molecule is C1=C(c2ccccc2)C(c2ccccc2)=C(c2ccccc2)/C1=C1\C=C(c2ccccc2)C(c2ccccc2)=C1c1ccccc1. The summed E-state index contributed by atoms with van der Waals surface area (Å²) in [5.74, 6) is 0. The van der Waals surface area contributed by atoms with Crippen LogP contribution in [0.4, 0.5) is 0 Å². The average molecular weight is 585 g/mol. The zero-order valence-corrected chi connectivity index (χ0v) is 25.5. The lowest BCUT2D eigenvalue weighted by Gasteiger charge is -2.17. The summed E-state index contributed by atoms with van der Waals surface area (Å²) < 4.78 is 0. The van der Waals surface area contributed by atoms with E-state index in [1.165, 1.54) is 78.0 Å². The molecule has 0 amide bonds. The standard InChI is InChI=1S/C46H32/c1-7-19-33(20-8-1)39-31-41(45(37-27-15-5-16-28-37)43(39)35-23-11-3-12-24-35)42-32-40(34-21-9-2-10-22-34)44(36-25-13-4-14-26-36)46(42)38-29-17-6-18-30-38/h1-32H/b42-41+. The number of rotatable bonds is 6. The van der Waals surface area contributed by atoms with Gasteiger partial charge in [0.25, 0.3) is 0 Å². The third-order valence-electron chi connectivity index (χ3n) is 8.86. The fourth-order valence-corrected chi connectivity index (χ4v) is 6.85. The molecule has 6 aromatic carbocycles. The maximum absolute atomic E-state index is 2.44. The molecule has 0 heteroatoms. The summed E-state index contributed by atoms with van der Waals surface area (Å²) in [4.78, 5) is 0. The Morgan fingerprint density at radius 2 is 0.413 bits per heavy atom. The fraction of sp³-hybridized carbons (Fsp3) is 0. The smallest absolute Gasteiger partial charge is 0.00201 e. The van der Waals surface area contributed by atoms with E-state index in [1.54, 1.807) is 0 Å². The fourth-order valence-electron chi connectivity index (χ4n) is 6.85. The van der Waals surface area contributed by atoms with E-state index in [9.17, 15) is 0 Å². The molecule has 0 radical (unpaired) electrons. The highest BCUT2D eigenvalue weighted by molar-refractivity contribution is 6.28. The molecule has 2 aliphatic rings. The predicted molar refractivity (Wildman–Crippen MR) is 195 cm³/mol. The van der Waals surface area contributed by atoms with Crippen molar-refractivity contribution in [1.29, 1.82) is 0 Å². The molecular formula is C46H32. The first-order chi connectivity index (χ1) is 22.9. The van der Waals surface area contributed by atoms with Crippen LogP contribution in [0, 0.1) is 0 Å². The van der Waals surface area contributed by atoms with Gasteiger partial charge in [-0.05, 0) is 90.1 Å². The van der Waals surface area contributed by atoms with Crippen molar-refractivity contribution in [2.24, 2.45) is 0 Å². The molecule has 0 nitrogen and oxygen atoms in total. The molecule has 8 rings (SSSR count). The lowest BCUT2D eigenvalue weighted by atomic mass is 9.86. The van der Waals surface area contributed by atoms with Gasteiger partial charge in [-0.3, -0.25) is 0 Å². The molecule has 0 aromatic heterocycles. The second-order valence-corrected chi connectivity index (χ2v) is 11.6. The molecule has 0 fully saturated rings. The second kappa shape index (κ2) is 12.2. The van der Waals surface area contributed by atoms with Crippen LogP contribution in [0.3, 0.4) is 0 Å². The van der Waals surface area contributed by atoms with Crippen molar-refractivity contribution in [3.8, 4) is 0 Å². The number of allylic oxidation sites excluding steroid dienone is 10. The maximum Gasteiger partial charge on any atom is -0.00201 e. The Bertz CT molecular complexity index is 2000. The Kier molecular flexibility index (Phi) is 7.30. The van der Waals surface area contributed by atoms with E-state index in [1.807, 2.05) is 0 Å². The minimum atomic E-state index is 1.21. The molecule has 6 aromatic rings. The van der Waals surface area contributed by atoms with Gasteiger partial charge in [0.15, 0.2) is 0 Å². The lowest BCUT2D eigenvalue weighted by molar-refractivity contribution is 1.53. The van der Waals surface area contributed by atoms with Crippen molar-refractivity contribution in [2.45, 2.75) is 0 Å². The Morgan fingerprint density at radius 3 is 0.674 bits per heavy atom. The van der Waals surface area contributed by atoms with Crippen molar-refractivity contribution < 1.29 is 0 Å². The zero-order valence-electron chi connectivity index (χ0n) is 25.5. The molecule has 0 N–H and O–H groups in total. The van der Waals surface area contributed by atoms with Gasteiger partial charge in [0.05, 0.1) is 0 Å². The summed E-state index contributed by atoms with van der Waals surface area (Å²) in [5, 5.41) is 0. The highest BCUT2D eigenvalue weighted by Crippen LogP contribution is 2.54. The van der Waals surface area contributed by atoms with Crippen LogP contribution in [0.5, 0.6) is 0 Å². The first-order valence-electron chi connectivity index (χ1n) is 15.9. The van der Waals surface area contributed by atoms with Crippen LogP contribution in [-0.2, 0) is 0 Å². The Morgan fingerprint density at radius 1 is 0.196 bits per heavy atom. The van der Waals surface area contributed by atoms with Crippen molar-refractivity contribution in [3.05, 3.63) is 239 Å². The highest BCUT2D eigenvalue weighted by Gasteiger charge is 2.32. The second-order valence-electron chi connectivity index (χ2n) is 11.6. The van der Waals surface area contributed by atoms with Crippen LogP contribution in [0.2, 0.25) is 0 Å². The molecule has 46 heavy (non-hydrogen) atoms. The predicted octanol–water partition coefficient (Wildman–Crippen LogP) is 11.7. The molecule has 0 saturated heterocycles. The van der Waals surface area contributed by atoms with Gasteiger partial charge in [0.1, 0.15) is 0 Å². The lowest BCUT2D eigenvalue weighted by Crippen LogP contribution is -1.96. The normalized spacial score (nSPS) is 16.1. The molecule has 0 unspecified atom stereocenters. The van der Waals surface area contributed by atoms with E-state index < -0.39 is 0 Å². The van der Waals surface area contributed by atoms with Crippen LogP contribution in [0.1, 0.15) is 33.4 Å². The average Bonchev–Trinajstić information content (AvgIpc) is 3.74. The van der Waals surface area contributed by atoms with Gasteiger partial charge in [0.2, 0.25) is 0 Å². The van der Waals surface area contributed by atoms with Crippen LogP contribution < -0.4 is 0 Å². The third-order valence-corrected chi connectivity index (χ3v) is 8.86. The third kappa shape index (κ3) is 5.01. The van der Waals surface area contributed by atoms with Gasteiger partial charge < -0.3 is 0 Å². The maximum atomic E-state index is 2.44. The van der Waals surface area contributed by atoms with Gasteiger partial charge in [0, 0.05) is 0 Å². The highest BCUT2D eigenvalue weighted by atomic mass is 14.4. The summed E-state index contributed by atoms with van der Waals surface area (Å²) in [5.41, 5.74) is 17.3. The molecule has 0 aliphatic heterocycles. The summed E-state index contributed by atoms with van der Waals surface area (Å²) >= 11 is 0. The summed E-state index contributed by atoms with van der Waals surface area (Å²) in [7, 11) is 0. The Balaban J connectivity index is 1.54. The van der Waals surface area contributed by atoms with Gasteiger partial charge in [-0.25, -0.2) is 0 Å². The van der Waals surface area contributed by atoms with Crippen molar-refractivity contribution in [3.63, 3.8) is 0 Å². The van der Waals surface area contributed by atoms with E-state index in [-0.39, 0.29) is 0 Å². The number of hydrogen-bond donors (Lipinski definition) is 0. The van der Waals surface area contributed by atoms with Crippen molar-refractivity contribution in [2.75, 3.05) is 0 Å². The first-order valence-corrected chi connectivity index (χ1v) is 15.9. The van der Waals surface area contributed by atoms with E-state index in [2.05, 4.69) is 194 Å². The monoisotopic (exact) mass is 584 g/mol. The minimum absolute atomic E-state index is 1.21. The Hall–Kier alpha value is -5.98. The van der Waals surface area contributed by atoms with Gasteiger partial charge >= 0.3 is 0 Å². The molecule has 0 saturated carbocycles. The summed E-state index contributed by atoms with van der Waals surface area (Å²) in [6.07, 6.45) is 4.87. The first kappa shape index (κ1) is 27.6. The van der Waals surface area contributed by atoms with E-state index in [4.69, 9.17) is 0 Å². The van der Waals surface area contributed by atoms with Crippen LogP contribution in [0.15, 0.2) is 205 Å². The van der Waals surface area contributed by atoms with E-state index in [0.717, 1.165) is 0 Å². The summed E-state index contributed by atoms with van der Waals surface area (Å²) in [6.45, 7) is 0. The van der Waals surface area contributed by atoms with Crippen LogP contribution >= 0.6 is 0 Å². The molecule has 2 aliphatic carbocycles. The van der Waals surface area contributed by atoms with E-state index >= 15 is 0 Å². The molecule has 0 bridgehead atoms. The zero-order chi connectivity index (χ0) is 30.7. The van der Waals surface area contributed by atoms with Crippen molar-refractivity contribution in [1.82, 2.24) is 0 Å². The molecule has 216 valence electrons. The number of benzene rings is 6. The minimum Gasteiger partial charge on any atom is -0.0622 e. The molecule has 0 atom stereocenters. The molecule has 0 heterocycles. The largest absolute Gasteiger partial charge is 0.0622 e.